The van der Waals surface area contributed by atoms with Crippen LogP contribution in [0, 0.1) is 0 Å². The van der Waals surface area contributed by atoms with Gasteiger partial charge in [0, 0.05) is 6.04 Å². The normalized spacial score (nSPS) is 12.2. The monoisotopic (exact) mass is 178 g/mol. The molecule has 1 atom stereocenters. The molecule has 0 saturated heterocycles. The Morgan fingerprint density at radius 1 is 1.23 bits per heavy atom. The molecule has 1 aromatic rings. The van der Waals surface area contributed by atoms with Crippen LogP contribution in [0.25, 0.3) is 0 Å². The first-order valence-electron chi connectivity index (χ1n) is 4.05. The van der Waals surface area contributed by atoms with E-state index in [4.69, 9.17) is 17.2 Å². The number of guanidine groups is 1. The van der Waals surface area contributed by atoms with E-state index in [9.17, 15) is 0 Å². The predicted octanol–water partition coefficient (Wildman–Crippen LogP) is 0.611. The van der Waals surface area contributed by atoms with Crippen molar-refractivity contribution in [3.8, 4) is 0 Å². The molecule has 0 saturated carbocycles. The van der Waals surface area contributed by atoms with Crippen LogP contribution >= 0.6 is 0 Å². The Bertz CT molecular complexity index is 296. The third kappa shape index (κ3) is 2.76. The van der Waals surface area contributed by atoms with E-state index in [1.54, 1.807) is 0 Å². The van der Waals surface area contributed by atoms with Crippen LogP contribution in [0.3, 0.4) is 0 Å². The first kappa shape index (κ1) is 9.54. The van der Waals surface area contributed by atoms with Gasteiger partial charge in [0.05, 0.1) is 5.69 Å². The van der Waals surface area contributed by atoms with E-state index in [0.717, 1.165) is 11.3 Å². The van der Waals surface area contributed by atoms with Gasteiger partial charge in [0.25, 0.3) is 0 Å². The molecule has 0 fully saturated rings. The van der Waals surface area contributed by atoms with E-state index in [1.165, 1.54) is 0 Å². The molecule has 0 aliphatic rings. The second kappa shape index (κ2) is 3.91. The van der Waals surface area contributed by atoms with Gasteiger partial charge in [-0.05, 0) is 24.6 Å². The maximum Gasteiger partial charge on any atom is 0.191 e. The summed E-state index contributed by atoms with van der Waals surface area (Å²) in [4.78, 5) is 3.89. The van der Waals surface area contributed by atoms with E-state index in [-0.39, 0.29) is 12.0 Å². The van der Waals surface area contributed by atoms with E-state index in [2.05, 4.69) is 4.99 Å². The Kier molecular flexibility index (Phi) is 2.87. The average Bonchev–Trinajstić information content (AvgIpc) is 2.04. The highest BCUT2D eigenvalue weighted by atomic mass is 15.0. The Morgan fingerprint density at radius 2 is 1.77 bits per heavy atom. The van der Waals surface area contributed by atoms with E-state index >= 15 is 0 Å². The minimum Gasteiger partial charge on any atom is -0.370 e. The van der Waals surface area contributed by atoms with Crippen molar-refractivity contribution in [1.82, 2.24) is 0 Å². The molecule has 70 valence electrons. The number of hydrogen-bond acceptors (Lipinski definition) is 2. The zero-order chi connectivity index (χ0) is 9.84. The van der Waals surface area contributed by atoms with Crippen molar-refractivity contribution in [3.05, 3.63) is 29.8 Å². The molecule has 13 heavy (non-hydrogen) atoms. The van der Waals surface area contributed by atoms with Gasteiger partial charge < -0.3 is 17.2 Å². The van der Waals surface area contributed by atoms with Crippen molar-refractivity contribution >= 4 is 11.6 Å². The van der Waals surface area contributed by atoms with Crippen molar-refractivity contribution in [3.63, 3.8) is 0 Å². The highest BCUT2D eigenvalue weighted by molar-refractivity contribution is 5.78. The van der Waals surface area contributed by atoms with Crippen LogP contribution in [0.15, 0.2) is 29.3 Å². The number of rotatable bonds is 2. The Morgan fingerprint density at radius 3 is 2.15 bits per heavy atom. The fourth-order valence-corrected chi connectivity index (χ4v) is 1.00. The van der Waals surface area contributed by atoms with Crippen molar-refractivity contribution in [2.45, 2.75) is 13.0 Å². The predicted molar refractivity (Wildman–Crippen MR) is 54.5 cm³/mol. The maximum absolute atomic E-state index is 5.68. The lowest BCUT2D eigenvalue weighted by Gasteiger charge is -2.04. The fourth-order valence-electron chi connectivity index (χ4n) is 1.00. The first-order chi connectivity index (χ1) is 6.09. The molecule has 6 N–H and O–H groups in total. The minimum absolute atomic E-state index is 0.0354. The number of aliphatic imine (C=N–C) groups is 1. The van der Waals surface area contributed by atoms with Gasteiger partial charge >= 0.3 is 0 Å². The molecule has 0 bridgehead atoms. The number of benzene rings is 1. The van der Waals surface area contributed by atoms with Crippen LogP contribution in [0.2, 0.25) is 0 Å². The van der Waals surface area contributed by atoms with Gasteiger partial charge in [-0.3, -0.25) is 0 Å². The summed E-state index contributed by atoms with van der Waals surface area (Å²) in [6.45, 7) is 1.93. The second-order valence-corrected chi connectivity index (χ2v) is 2.92. The summed E-state index contributed by atoms with van der Waals surface area (Å²) in [5.74, 6) is 0.0635. The molecular weight excluding hydrogens is 164 g/mol. The molecule has 1 rings (SSSR count). The van der Waals surface area contributed by atoms with Crippen molar-refractivity contribution < 1.29 is 0 Å². The highest BCUT2D eigenvalue weighted by Gasteiger charge is 1.97. The van der Waals surface area contributed by atoms with Crippen LogP contribution in [-0.4, -0.2) is 5.96 Å². The summed E-state index contributed by atoms with van der Waals surface area (Å²) in [7, 11) is 0. The minimum atomic E-state index is 0.0354. The summed E-state index contributed by atoms with van der Waals surface area (Å²) in [6.07, 6.45) is 0. The molecule has 1 unspecified atom stereocenters. The van der Waals surface area contributed by atoms with Gasteiger partial charge in [-0.15, -0.1) is 0 Å². The van der Waals surface area contributed by atoms with Gasteiger partial charge in [-0.1, -0.05) is 12.1 Å². The van der Waals surface area contributed by atoms with Gasteiger partial charge in [0.2, 0.25) is 0 Å². The van der Waals surface area contributed by atoms with Gasteiger partial charge in [0.15, 0.2) is 5.96 Å². The second-order valence-electron chi connectivity index (χ2n) is 2.92. The molecular formula is C9H14N4. The number of nitrogens with two attached hydrogens (primary N) is 3. The van der Waals surface area contributed by atoms with Crippen molar-refractivity contribution in [1.29, 1.82) is 0 Å². The fraction of sp³-hybridized carbons (Fsp3) is 0.222. The Balaban J connectivity index is 2.88. The quantitative estimate of drug-likeness (QED) is 0.457. The zero-order valence-electron chi connectivity index (χ0n) is 7.57. The summed E-state index contributed by atoms with van der Waals surface area (Å²) in [5.41, 5.74) is 17.9. The van der Waals surface area contributed by atoms with E-state index in [0.29, 0.717) is 0 Å². The summed E-state index contributed by atoms with van der Waals surface area (Å²) >= 11 is 0. The lowest BCUT2D eigenvalue weighted by Crippen LogP contribution is -2.21. The van der Waals surface area contributed by atoms with Crippen LogP contribution in [0.5, 0.6) is 0 Å². The topological polar surface area (TPSA) is 90.4 Å². The zero-order valence-corrected chi connectivity index (χ0v) is 7.57. The molecule has 0 aromatic heterocycles. The molecule has 0 heterocycles. The lowest BCUT2D eigenvalue weighted by molar-refractivity contribution is 0.818. The van der Waals surface area contributed by atoms with Crippen LogP contribution in [0.1, 0.15) is 18.5 Å². The third-order valence-electron chi connectivity index (χ3n) is 1.68. The number of hydrogen-bond donors (Lipinski definition) is 3. The highest BCUT2D eigenvalue weighted by Crippen LogP contribution is 2.15. The summed E-state index contributed by atoms with van der Waals surface area (Å²) < 4.78 is 0. The molecule has 0 aliphatic heterocycles. The summed E-state index contributed by atoms with van der Waals surface area (Å²) in [5, 5.41) is 0. The largest absolute Gasteiger partial charge is 0.370 e. The van der Waals surface area contributed by atoms with E-state index in [1.807, 2.05) is 31.2 Å². The van der Waals surface area contributed by atoms with Crippen LogP contribution in [-0.2, 0) is 0 Å². The molecule has 0 radical (unpaired) electrons. The van der Waals surface area contributed by atoms with Crippen molar-refractivity contribution in [2.75, 3.05) is 0 Å². The number of nitrogens with zero attached hydrogens (tertiary/aromatic N) is 1. The van der Waals surface area contributed by atoms with Crippen LogP contribution < -0.4 is 17.2 Å². The smallest absolute Gasteiger partial charge is 0.191 e. The molecule has 0 spiro atoms. The molecule has 0 amide bonds. The SMILES string of the molecule is CC(N)c1ccc(N=C(N)N)cc1. The van der Waals surface area contributed by atoms with Crippen molar-refractivity contribution in [2.24, 2.45) is 22.2 Å². The average molecular weight is 178 g/mol. The molecule has 1 aromatic carbocycles. The molecule has 4 nitrogen and oxygen atoms in total. The molecule has 0 aliphatic carbocycles. The van der Waals surface area contributed by atoms with Crippen LogP contribution in [0.4, 0.5) is 5.69 Å². The van der Waals surface area contributed by atoms with E-state index < -0.39 is 0 Å². The first-order valence-corrected chi connectivity index (χ1v) is 4.05. The standard InChI is InChI=1S/C9H14N4/c1-6(10)7-2-4-8(5-3-7)13-9(11)12/h2-6H,10H2,1H3,(H4,11,12,13). The van der Waals surface area contributed by atoms with Gasteiger partial charge in [-0.25, -0.2) is 4.99 Å². The lowest BCUT2D eigenvalue weighted by atomic mass is 10.1. The third-order valence-corrected chi connectivity index (χ3v) is 1.68. The van der Waals surface area contributed by atoms with Gasteiger partial charge in [-0.2, -0.15) is 0 Å². The maximum atomic E-state index is 5.68. The van der Waals surface area contributed by atoms with Gasteiger partial charge in [0.1, 0.15) is 0 Å². The summed E-state index contributed by atoms with van der Waals surface area (Å²) in [6, 6.07) is 7.52. The Labute approximate surface area is 77.4 Å². The molecule has 4 heteroatoms. The Hall–Kier alpha value is -1.55.